The van der Waals surface area contributed by atoms with Crippen LogP contribution in [0.2, 0.25) is 0 Å². The summed E-state index contributed by atoms with van der Waals surface area (Å²) in [6, 6.07) is 12.8. The second-order valence-electron chi connectivity index (χ2n) is 8.87. The number of rotatable bonds is 5. The molecule has 1 aromatic heterocycles. The van der Waals surface area contributed by atoms with Crippen LogP contribution in [0.1, 0.15) is 50.5 Å². The Morgan fingerprint density at radius 3 is 2.37 bits per heavy atom. The normalized spacial score (nSPS) is 19.4. The third kappa shape index (κ3) is 4.46. The van der Waals surface area contributed by atoms with Crippen LogP contribution in [0.25, 0.3) is 10.4 Å². The summed E-state index contributed by atoms with van der Waals surface area (Å²) >= 11 is 1.74. The van der Waals surface area contributed by atoms with Crippen molar-refractivity contribution in [3.63, 3.8) is 0 Å². The largest absolute Gasteiger partial charge is 0.359 e. The molecule has 0 bridgehead atoms. The Morgan fingerprint density at radius 1 is 1.07 bits per heavy atom. The summed E-state index contributed by atoms with van der Waals surface area (Å²) in [6.07, 6.45) is 7.87. The van der Waals surface area contributed by atoms with E-state index in [0.717, 1.165) is 32.1 Å². The molecule has 4 nitrogen and oxygen atoms in total. The number of amides is 2. The van der Waals surface area contributed by atoms with Gasteiger partial charge in [-0.05, 0) is 54.7 Å². The van der Waals surface area contributed by atoms with E-state index in [0.29, 0.717) is 19.0 Å². The number of benzene rings is 1. The average Bonchev–Trinajstić information content (AvgIpc) is 3.34. The van der Waals surface area contributed by atoms with E-state index in [9.17, 15) is 9.59 Å². The van der Waals surface area contributed by atoms with Crippen LogP contribution in [0.15, 0.2) is 41.8 Å². The van der Waals surface area contributed by atoms with Gasteiger partial charge in [-0.2, -0.15) is 0 Å². The van der Waals surface area contributed by atoms with Crippen molar-refractivity contribution in [3.8, 4) is 10.4 Å². The van der Waals surface area contributed by atoms with Gasteiger partial charge in [-0.25, -0.2) is 0 Å². The topological polar surface area (TPSA) is 49.4 Å². The highest BCUT2D eigenvalue weighted by molar-refractivity contribution is 7.13. The lowest BCUT2D eigenvalue weighted by Gasteiger charge is -2.42. The number of thiophene rings is 1. The summed E-state index contributed by atoms with van der Waals surface area (Å²) in [6.45, 7) is 1.38. The Morgan fingerprint density at radius 2 is 1.77 bits per heavy atom. The molecule has 2 aromatic rings. The smallest absolute Gasteiger partial charge is 0.226 e. The molecule has 2 amide bonds. The minimum absolute atomic E-state index is 0.106. The Labute approximate surface area is 183 Å². The Kier molecular flexibility index (Phi) is 6.57. The van der Waals surface area contributed by atoms with Crippen LogP contribution in [-0.2, 0) is 16.0 Å². The van der Waals surface area contributed by atoms with Gasteiger partial charge in [0.1, 0.15) is 0 Å². The highest BCUT2D eigenvalue weighted by Crippen LogP contribution is 2.37. The van der Waals surface area contributed by atoms with Gasteiger partial charge in [0.15, 0.2) is 0 Å². The summed E-state index contributed by atoms with van der Waals surface area (Å²) in [5.41, 5.74) is 1.98. The van der Waals surface area contributed by atoms with Gasteiger partial charge in [-0.3, -0.25) is 9.59 Å². The molecule has 4 rings (SSSR count). The first-order valence-corrected chi connectivity index (χ1v) is 12.1. The van der Waals surface area contributed by atoms with Crippen molar-refractivity contribution in [2.45, 2.75) is 51.4 Å². The van der Waals surface area contributed by atoms with E-state index in [-0.39, 0.29) is 11.8 Å². The first kappa shape index (κ1) is 21.1. The van der Waals surface area contributed by atoms with Crippen LogP contribution >= 0.6 is 11.3 Å². The van der Waals surface area contributed by atoms with Gasteiger partial charge in [0.2, 0.25) is 11.8 Å². The molecule has 5 heteroatoms. The Bertz CT molecular complexity index is 846. The molecule has 1 aromatic carbocycles. The quantitative estimate of drug-likeness (QED) is 0.743. The van der Waals surface area contributed by atoms with Crippen molar-refractivity contribution < 1.29 is 9.59 Å². The van der Waals surface area contributed by atoms with Crippen molar-refractivity contribution in [1.29, 1.82) is 0 Å². The van der Waals surface area contributed by atoms with E-state index in [1.54, 1.807) is 18.4 Å². The van der Waals surface area contributed by atoms with E-state index in [2.05, 4.69) is 47.1 Å². The van der Waals surface area contributed by atoms with E-state index in [1.165, 1.54) is 35.3 Å². The molecule has 1 aliphatic heterocycles. The van der Waals surface area contributed by atoms with Crippen LogP contribution in [0.5, 0.6) is 0 Å². The fourth-order valence-corrected chi connectivity index (χ4v) is 5.87. The third-order valence-corrected chi connectivity index (χ3v) is 7.92. The van der Waals surface area contributed by atoms with Gasteiger partial charge < -0.3 is 10.2 Å². The maximum atomic E-state index is 12.9. The Balaban J connectivity index is 1.44. The molecular weight excluding hydrogens is 392 g/mol. The van der Waals surface area contributed by atoms with Crippen molar-refractivity contribution in [2.75, 3.05) is 20.1 Å². The predicted molar refractivity (Wildman–Crippen MR) is 122 cm³/mol. The van der Waals surface area contributed by atoms with Crippen LogP contribution in [0, 0.1) is 11.3 Å². The maximum absolute atomic E-state index is 12.9. The standard InChI is InChI=1S/C25H32N2O2S/c1-26-24(29)25(18-19-9-11-20(12-10-19)22-8-5-17-30-22)13-15-27(16-14-25)23(28)21-6-3-2-4-7-21/h5,8-12,17,21H,2-4,6-7,13-16,18H2,1H3,(H,26,29). The molecular formula is C25H32N2O2S. The number of likely N-dealkylation sites (tertiary alicyclic amines) is 1. The first-order valence-electron chi connectivity index (χ1n) is 11.3. The zero-order chi connectivity index (χ0) is 21.0. The summed E-state index contributed by atoms with van der Waals surface area (Å²) in [5, 5.41) is 4.99. The lowest BCUT2D eigenvalue weighted by atomic mass is 9.72. The lowest BCUT2D eigenvalue weighted by molar-refractivity contribution is -0.143. The van der Waals surface area contributed by atoms with Crippen molar-refractivity contribution >= 4 is 23.2 Å². The highest BCUT2D eigenvalue weighted by Gasteiger charge is 2.42. The second-order valence-corrected chi connectivity index (χ2v) is 9.82. The number of carbonyl (C=O) groups is 2. The van der Waals surface area contributed by atoms with Gasteiger partial charge in [-0.15, -0.1) is 11.3 Å². The summed E-state index contributed by atoms with van der Waals surface area (Å²) in [4.78, 5) is 29.1. The highest BCUT2D eigenvalue weighted by atomic mass is 32.1. The molecule has 0 atom stereocenters. The molecule has 0 spiro atoms. The summed E-state index contributed by atoms with van der Waals surface area (Å²) in [7, 11) is 1.73. The number of carbonyl (C=O) groups excluding carboxylic acids is 2. The summed E-state index contributed by atoms with van der Waals surface area (Å²) in [5.74, 6) is 0.631. The molecule has 2 aliphatic rings. The zero-order valence-corrected chi connectivity index (χ0v) is 18.7. The van der Waals surface area contributed by atoms with Gasteiger partial charge >= 0.3 is 0 Å². The van der Waals surface area contributed by atoms with Crippen molar-refractivity contribution in [1.82, 2.24) is 10.2 Å². The van der Waals surface area contributed by atoms with Gasteiger partial charge in [0.25, 0.3) is 0 Å². The van der Waals surface area contributed by atoms with Crippen LogP contribution in [0.3, 0.4) is 0 Å². The molecule has 1 N–H and O–H groups in total. The van der Waals surface area contributed by atoms with E-state index < -0.39 is 5.41 Å². The molecule has 0 radical (unpaired) electrons. The number of hydrogen-bond acceptors (Lipinski definition) is 3. The molecule has 2 fully saturated rings. The lowest BCUT2D eigenvalue weighted by Crippen LogP contribution is -2.51. The zero-order valence-electron chi connectivity index (χ0n) is 17.9. The third-order valence-electron chi connectivity index (χ3n) is 7.00. The SMILES string of the molecule is CNC(=O)C1(Cc2ccc(-c3cccs3)cc2)CCN(C(=O)C2CCCCC2)CC1. The van der Waals surface area contributed by atoms with Gasteiger partial charge in [0.05, 0.1) is 5.41 Å². The molecule has 1 saturated heterocycles. The molecule has 30 heavy (non-hydrogen) atoms. The predicted octanol–water partition coefficient (Wildman–Crippen LogP) is 4.89. The van der Waals surface area contributed by atoms with Gasteiger partial charge in [-0.1, -0.05) is 49.6 Å². The summed E-state index contributed by atoms with van der Waals surface area (Å²) < 4.78 is 0. The van der Waals surface area contributed by atoms with Gasteiger partial charge in [0, 0.05) is 30.9 Å². The number of piperidine rings is 1. The molecule has 1 saturated carbocycles. The van der Waals surface area contributed by atoms with Crippen LogP contribution in [0.4, 0.5) is 0 Å². The minimum atomic E-state index is -0.428. The molecule has 1 aliphatic carbocycles. The molecule has 0 unspecified atom stereocenters. The van der Waals surface area contributed by atoms with Crippen molar-refractivity contribution in [2.24, 2.45) is 11.3 Å². The van der Waals surface area contributed by atoms with Crippen LogP contribution < -0.4 is 5.32 Å². The van der Waals surface area contributed by atoms with Crippen molar-refractivity contribution in [3.05, 3.63) is 47.3 Å². The molecule has 2 heterocycles. The fraction of sp³-hybridized carbons (Fsp3) is 0.520. The first-order chi connectivity index (χ1) is 14.6. The number of hydrogen-bond donors (Lipinski definition) is 1. The minimum Gasteiger partial charge on any atom is -0.359 e. The Hall–Kier alpha value is -2.14. The second kappa shape index (κ2) is 9.34. The maximum Gasteiger partial charge on any atom is 0.226 e. The average molecular weight is 425 g/mol. The van der Waals surface area contributed by atoms with Crippen LogP contribution in [-0.4, -0.2) is 36.9 Å². The monoisotopic (exact) mass is 424 g/mol. The number of nitrogens with zero attached hydrogens (tertiary/aromatic N) is 1. The van der Waals surface area contributed by atoms with E-state index in [4.69, 9.17) is 0 Å². The number of nitrogens with one attached hydrogen (secondary N) is 1. The van der Waals surface area contributed by atoms with E-state index >= 15 is 0 Å². The molecule has 160 valence electrons. The fourth-order valence-electron chi connectivity index (χ4n) is 5.13. The van der Waals surface area contributed by atoms with E-state index in [1.807, 2.05) is 4.90 Å².